The minimum absolute atomic E-state index is 0.227. The summed E-state index contributed by atoms with van der Waals surface area (Å²) in [6.45, 7) is 0.420. The van der Waals surface area contributed by atoms with E-state index in [1.54, 1.807) is 13.3 Å². The molecule has 2 N–H and O–H groups in total. The van der Waals surface area contributed by atoms with Crippen LogP contribution in [0.4, 0.5) is 0 Å². The Balaban J connectivity index is 1.84. The molecule has 0 spiro atoms. The van der Waals surface area contributed by atoms with Crippen LogP contribution >= 0.6 is 11.8 Å². The van der Waals surface area contributed by atoms with E-state index in [-0.39, 0.29) is 6.10 Å². The van der Waals surface area contributed by atoms with E-state index in [9.17, 15) is 4.79 Å². The van der Waals surface area contributed by atoms with Gasteiger partial charge in [0, 0.05) is 18.0 Å². The third-order valence-corrected chi connectivity index (χ3v) is 4.12. The van der Waals surface area contributed by atoms with Crippen molar-refractivity contribution in [3.05, 3.63) is 30.5 Å². The molecular formula is C15H16ClN3O3. The molecule has 22 heavy (non-hydrogen) atoms. The van der Waals surface area contributed by atoms with Crippen LogP contribution in [0.25, 0.3) is 10.8 Å². The Morgan fingerprint density at radius 3 is 2.95 bits per heavy atom. The van der Waals surface area contributed by atoms with E-state index in [1.807, 2.05) is 24.3 Å². The van der Waals surface area contributed by atoms with Crippen molar-refractivity contribution in [1.82, 2.24) is 9.40 Å². The number of primary amides is 1. The molecule has 2 aromatic rings. The summed E-state index contributed by atoms with van der Waals surface area (Å²) < 4.78 is 12.5. The molecule has 1 amide bonds. The van der Waals surface area contributed by atoms with E-state index in [0.717, 1.165) is 16.5 Å². The lowest BCUT2D eigenvalue weighted by Gasteiger charge is -2.14. The number of fused-ring (bicyclic) bond motifs is 1. The van der Waals surface area contributed by atoms with Gasteiger partial charge in [-0.2, -0.15) is 0 Å². The number of ether oxygens (including phenoxy) is 2. The summed E-state index contributed by atoms with van der Waals surface area (Å²) >= 11 is 6.01. The quantitative estimate of drug-likeness (QED) is 0.867. The number of nitrogens with zero attached hydrogens (tertiary/aromatic N) is 2. The van der Waals surface area contributed by atoms with Crippen LogP contribution in [0.3, 0.4) is 0 Å². The number of nitrogens with two attached hydrogens (primary N) is 1. The smallest absolute Gasteiger partial charge is 0.236 e. The van der Waals surface area contributed by atoms with Crippen LogP contribution < -0.4 is 15.2 Å². The zero-order chi connectivity index (χ0) is 15.7. The van der Waals surface area contributed by atoms with Crippen LogP contribution in [-0.4, -0.2) is 41.1 Å². The molecular weight excluding hydrogens is 306 g/mol. The van der Waals surface area contributed by atoms with Crippen molar-refractivity contribution < 1.29 is 14.3 Å². The van der Waals surface area contributed by atoms with Crippen molar-refractivity contribution in [2.75, 3.05) is 13.7 Å². The SMILES string of the molecule is COc1ccc2c(O[C@@H]3CC(C(N)=O)N(Cl)C3)nccc2c1. The average Bonchev–Trinajstić information content (AvgIpc) is 2.88. The highest BCUT2D eigenvalue weighted by atomic mass is 35.5. The number of benzene rings is 1. The first-order valence-electron chi connectivity index (χ1n) is 6.89. The zero-order valence-electron chi connectivity index (χ0n) is 12.0. The van der Waals surface area contributed by atoms with Gasteiger partial charge in [0.15, 0.2) is 0 Å². The summed E-state index contributed by atoms with van der Waals surface area (Å²) in [4.78, 5) is 15.6. The van der Waals surface area contributed by atoms with Gasteiger partial charge in [0.2, 0.25) is 11.8 Å². The summed E-state index contributed by atoms with van der Waals surface area (Å²) in [6.07, 6.45) is 1.90. The standard InChI is InChI=1S/C15H16ClN3O3/c1-21-10-2-3-12-9(6-10)4-5-18-15(12)22-11-7-13(14(17)20)19(16)8-11/h2-6,11,13H,7-8H2,1H3,(H2,17,20)/t11-,13?/m1/s1. The summed E-state index contributed by atoms with van der Waals surface area (Å²) in [5.41, 5.74) is 5.32. The fourth-order valence-corrected chi connectivity index (χ4v) is 2.94. The highest BCUT2D eigenvalue weighted by molar-refractivity contribution is 6.15. The largest absolute Gasteiger partial charge is 0.497 e. The van der Waals surface area contributed by atoms with Crippen LogP contribution in [0.1, 0.15) is 6.42 Å². The van der Waals surface area contributed by atoms with E-state index < -0.39 is 11.9 Å². The van der Waals surface area contributed by atoms with Crippen molar-refractivity contribution in [3.63, 3.8) is 0 Å². The number of hydrogen-bond donors (Lipinski definition) is 1. The number of rotatable bonds is 4. The molecule has 7 heteroatoms. The van der Waals surface area contributed by atoms with Gasteiger partial charge in [-0.3, -0.25) is 4.79 Å². The first-order chi connectivity index (χ1) is 10.6. The number of halogens is 1. The molecule has 1 aromatic carbocycles. The molecule has 2 atom stereocenters. The minimum Gasteiger partial charge on any atom is -0.497 e. The predicted octanol–water partition coefficient (Wildman–Crippen LogP) is 1.70. The highest BCUT2D eigenvalue weighted by Gasteiger charge is 2.36. The van der Waals surface area contributed by atoms with Crippen molar-refractivity contribution in [1.29, 1.82) is 0 Å². The van der Waals surface area contributed by atoms with E-state index in [0.29, 0.717) is 18.8 Å². The summed E-state index contributed by atoms with van der Waals surface area (Å²) in [7, 11) is 1.62. The molecule has 0 saturated carbocycles. The number of carbonyl (C=O) groups excluding carboxylic acids is 1. The normalized spacial score (nSPS) is 21.9. The molecule has 0 radical (unpaired) electrons. The molecule has 1 aliphatic rings. The van der Waals surface area contributed by atoms with Gasteiger partial charge in [-0.25, -0.2) is 9.40 Å². The van der Waals surface area contributed by atoms with Crippen molar-refractivity contribution >= 4 is 28.5 Å². The maximum atomic E-state index is 11.3. The highest BCUT2D eigenvalue weighted by Crippen LogP contribution is 2.30. The van der Waals surface area contributed by atoms with E-state index in [1.165, 1.54) is 4.42 Å². The van der Waals surface area contributed by atoms with Gasteiger partial charge in [0.1, 0.15) is 17.9 Å². The molecule has 1 aliphatic heterocycles. The van der Waals surface area contributed by atoms with Crippen LogP contribution in [0, 0.1) is 0 Å². The zero-order valence-corrected chi connectivity index (χ0v) is 12.8. The Kier molecular flexibility index (Phi) is 4.04. The molecule has 1 aromatic heterocycles. The maximum absolute atomic E-state index is 11.3. The third kappa shape index (κ3) is 2.80. The van der Waals surface area contributed by atoms with Gasteiger partial charge in [-0.05, 0) is 41.4 Å². The van der Waals surface area contributed by atoms with Gasteiger partial charge < -0.3 is 15.2 Å². The van der Waals surface area contributed by atoms with Crippen molar-refractivity contribution in [3.8, 4) is 11.6 Å². The Labute approximate surface area is 132 Å². The van der Waals surface area contributed by atoms with Gasteiger partial charge in [0.25, 0.3) is 0 Å². The number of hydrogen-bond acceptors (Lipinski definition) is 5. The molecule has 6 nitrogen and oxygen atoms in total. The topological polar surface area (TPSA) is 77.7 Å². The Hall–Kier alpha value is -2.05. The minimum atomic E-state index is -0.512. The molecule has 116 valence electrons. The Morgan fingerprint density at radius 1 is 1.45 bits per heavy atom. The lowest BCUT2D eigenvalue weighted by Crippen LogP contribution is -2.34. The first-order valence-corrected chi connectivity index (χ1v) is 7.23. The number of aromatic nitrogens is 1. The van der Waals surface area contributed by atoms with Gasteiger partial charge in [-0.15, -0.1) is 0 Å². The number of amides is 1. The second-order valence-corrected chi connectivity index (χ2v) is 5.61. The molecule has 1 saturated heterocycles. The first kappa shape index (κ1) is 14.9. The molecule has 0 aliphatic carbocycles. The lowest BCUT2D eigenvalue weighted by atomic mass is 10.1. The van der Waals surface area contributed by atoms with Gasteiger partial charge in [0.05, 0.1) is 13.7 Å². The van der Waals surface area contributed by atoms with Crippen molar-refractivity contribution in [2.24, 2.45) is 5.73 Å². The van der Waals surface area contributed by atoms with Gasteiger partial charge >= 0.3 is 0 Å². The molecule has 2 heterocycles. The van der Waals surface area contributed by atoms with Crippen LogP contribution in [0.15, 0.2) is 30.5 Å². The third-order valence-electron chi connectivity index (χ3n) is 3.74. The summed E-state index contributed by atoms with van der Waals surface area (Å²) in [5, 5.41) is 1.85. The Bertz CT molecular complexity index is 709. The molecule has 1 fully saturated rings. The fraction of sp³-hybridized carbons (Fsp3) is 0.333. The summed E-state index contributed by atoms with van der Waals surface area (Å²) in [5.74, 6) is 0.836. The molecule has 3 rings (SSSR count). The number of pyridine rings is 1. The fourth-order valence-electron chi connectivity index (χ4n) is 2.61. The second kappa shape index (κ2) is 5.98. The number of methoxy groups -OCH3 is 1. The van der Waals surface area contributed by atoms with E-state index in [4.69, 9.17) is 27.0 Å². The maximum Gasteiger partial charge on any atom is 0.236 e. The summed E-state index contributed by atoms with van der Waals surface area (Å²) in [6, 6.07) is 7.04. The van der Waals surface area contributed by atoms with Gasteiger partial charge in [-0.1, -0.05) is 0 Å². The van der Waals surface area contributed by atoms with Crippen LogP contribution in [-0.2, 0) is 4.79 Å². The van der Waals surface area contributed by atoms with Crippen molar-refractivity contribution in [2.45, 2.75) is 18.6 Å². The number of carbonyl (C=O) groups is 1. The predicted molar refractivity (Wildman–Crippen MR) is 82.9 cm³/mol. The van der Waals surface area contributed by atoms with E-state index >= 15 is 0 Å². The second-order valence-electron chi connectivity index (χ2n) is 5.18. The van der Waals surface area contributed by atoms with E-state index in [2.05, 4.69) is 4.98 Å². The molecule has 1 unspecified atom stereocenters. The lowest BCUT2D eigenvalue weighted by molar-refractivity contribution is -0.121. The van der Waals surface area contributed by atoms with Crippen LogP contribution in [0.5, 0.6) is 11.6 Å². The Morgan fingerprint density at radius 2 is 2.27 bits per heavy atom. The average molecular weight is 322 g/mol. The molecule has 0 bridgehead atoms. The van der Waals surface area contributed by atoms with Crippen LogP contribution in [0.2, 0.25) is 0 Å². The monoisotopic (exact) mass is 321 g/mol.